The molecule has 0 unspecified atom stereocenters. The van der Waals surface area contributed by atoms with Crippen LogP contribution in [0.4, 0.5) is 5.82 Å². The molecular formula is C14H19N3O. The summed E-state index contributed by atoms with van der Waals surface area (Å²) in [5.74, 6) is 2.88. The summed E-state index contributed by atoms with van der Waals surface area (Å²) in [6.07, 6.45) is 1.82. The van der Waals surface area contributed by atoms with Crippen molar-refractivity contribution in [3.63, 3.8) is 0 Å². The second-order valence-corrected chi connectivity index (χ2v) is 4.38. The Bertz CT molecular complexity index is 507. The summed E-state index contributed by atoms with van der Waals surface area (Å²) < 4.78 is 5.59. The number of anilines is 1. The van der Waals surface area contributed by atoms with E-state index in [1.54, 1.807) is 0 Å². The second-order valence-electron chi connectivity index (χ2n) is 4.38. The van der Waals surface area contributed by atoms with E-state index in [2.05, 4.69) is 21.3 Å². The van der Waals surface area contributed by atoms with E-state index < -0.39 is 0 Å². The van der Waals surface area contributed by atoms with Crippen LogP contribution in [-0.2, 0) is 13.1 Å². The highest BCUT2D eigenvalue weighted by Crippen LogP contribution is 2.18. The smallest absolute Gasteiger partial charge is 0.133 e. The Balaban J connectivity index is 2.15. The molecule has 2 aromatic heterocycles. The Labute approximate surface area is 108 Å². The molecule has 2 heterocycles. The highest BCUT2D eigenvalue weighted by Gasteiger charge is 2.10. The van der Waals surface area contributed by atoms with Crippen LogP contribution < -0.4 is 10.2 Å². The molecule has 2 aromatic rings. The standard InChI is InChI=1S/C14H19N3O/c1-11-6-7-13(18-11)10-17(3)14-12(9-15-2)5-4-8-16-14/h4-8,15H,9-10H2,1-3H3. The van der Waals surface area contributed by atoms with Crippen LogP contribution in [0.5, 0.6) is 0 Å². The Morgan fingerprint density at radius 2 is 2.17 bits per heavy atom. The van der Waals surface area contributed by atoms with Gasteiger partial charge in [0, 0.05) is 25.4 Å². The third-order valence-corrected chi connectivity index (χ3v) is 2.79. The summed E-state index contributed by atoms with van der Waals surface area (Å²) in [5, 5.41) is 3.16. The predicted octanol–water partition coefficient (Wildman–Crippen LogP) is 2.34. The van der Waals surface area contributed by atoms with Crippen LogP contribution in [0, 0.1) is 6.92 Å². The fraction of sp³-hybridized carbons (Fsp3) is 0.357. The van der Waals surface area contributed by atoms with E-state index in [9.17, 15) is 0 Å². The molecule has 0 radical (unpaired) electrons. The van der Waals surface area contributed by atoms with Crippen molar-refractivity contribution in [3.05, 3.63) is 47.5 Å². The number of aryl methyl sites for hydroxylation is 1. The Hall–Kier alpha value is -1.81. The zero-order valence-electron chi connectivity index (χ0n) is 11.1. The quantitative estimate of drug-likeness (QED) is 0.878. The minimum atomic E-state index is 0.724. The number of nitrogens with one attached hydrogen (secondary N) is 1. The van der Waals surface area contributed by atoms with E-state index in [1.807, 2.05) is 45.4 Å². The molecular weight excluding hydrogens is 226 g/mol. The van der Waals surface area contributed by atoms with Gasteiger partial charge in [-0.2, -0.15) is 0 Å². The lowest BCUT2D eigenvalue weighted by molar-refractivity contribution is 0.481. The van der Waals surface area contributed by atoms with Crippen LogP contribution >= 0.6 is 0 Å². The Morgan fingerprint density at radius 1 is 1.33 bits per heavy atom. The van der Waals surface area contributed by atoms with E-state index in [4.69, 9.17) is 4.42 Å². The van der Waals surface area contributed by atoms with Gasteiger partial charge in [-0.05, 0) is 32.2 Å². The number of pyridine rings is 1. The fourth-order valence-electron chi connectivity index (χ4n) is 1.98. The zero-order chi connectivity index (χ0) is 13.0. The van der Waals surface area contributed by atoms with Crippen molar-refractivity contribution >= 4 is 5.82 Å². The molecule has 4 heteroatoms. The van der Waals surface area contributed by atoms with Gasteiger partial charge in [0.15, 0.2) is 0 Å². The van der Waals surface area contributed by atoms with Crippen molar-refractivity contribution in [2.75, 3.05) is 19.0 Å². The maximum Gasteiger partial charge on any atom is 0.133 e. The van der Waals surface area contributed by atoms with Crippen molar-refractivity contribution in [1.29, 1.82) is 0 Å². The number of aromatic nitrogens is 1. The minimum Gasteiger partial charge on any atom is -0.464 e. The lowest BCUT2D eigenvalue weighted by atomic mass is 10.2. The molecule has 0 aliphatic rings. The van der Waals surface area contributed by atoms with E-state index in [1.165, 1.54) is 5.56 Å². The molecule has 18 heavy (non-hydrogen) atoms. The monoisotopic (exact) mass is 245 g/mol. The second kappa shape index (κ2) is 5.69. The highest BCUT2D eigenvalue weighted by atomic mass is 16.3. The number of rotatable bonds is 5. The molecule has 0 aromatic carbocycles. The maximum absolute atomic E-state index is 5.59. The normalized spacial score (nSPS) is 10.6. The average molecular weight is 245 g/mol. The summed E-state index contributed by atoms with van der Waals surface area (Å²) in [5.41, 5.74) is 1.19. The average Bonchev–Trinajstić information content (AvgIpc) is 2.76. The van der Waals surface area contributed by atoms with Gasteiger partial charge in [0.25, 0.3) is 0 Å². The lowest BCUT2D eigenvalue weighted by Crippen LogP contribution is -2.20. The SMILES string of the molecule is CNCc1cccnc1N(C)Cc1ccc(C)o1. The van der Waals surface area contributed by atoms with Crippen LogP contribution in [0.2, 0.25) is 0 Å². The number of furan rings is 1. The number of nitrogens with zero attached hydrogens (tertiary/aromatic N) is 2. The first-order valence-electron chi connectivity index (χ1n) is 6.05. The van der Waals surface area contributed by atoms with Gasteiger partial charge in [0.1, 0.15) is 17.3 Å². The van der Waals surface area contributed by atoms with E-state index in [0.717, 1.165) is 30.4 Å². The molecule has 0 aliphatic carbocycles. The van der Waals surface area contributed by atoms with Crippen LogP contribution in [0.15, 0.2) is 34.9 Å². The molecule has 1 N–H and O–H groups in total. The van der Waals surface area contributed by atoms with Crippen LogP contribution in [0.3, 0.4) is 0 Å². The third kappa shape index (κ3) is 2.90. The molecule has 0 aliphatic heterocycles. The molecule has 2 rings (SSSR count). The molecule has 0 bridgehead atoms. The van der Waals surface area contributed by atoms with Crippen molar-refractivity contribution < 1.29 is 4.42 Å². The third-order valence-electron chi connectivity index (χ3n) is 2.79. The van der Waals surface area contributed by atoms with E-state index >= 15 is 0 Å². The highest BCUT2D eigenvalue weighted by molar-refractivity contribution is 5.46. The molecule has 0 saturated carbocycles. The topological polar surface area (TPSA) is 41.3 Å². The molecule has 96 valence electrons. The lowest BCUT2D eigenvalue weighted by Gasteiger charge is -2.19. The molecule has 0 fully saturated rings. The van der Waals surface area contributed by atoms with Crippen molar-refractivity contribution in [2.45, 2.75) is 20.0 Å². The summed E-state index contributed by atoms with van der Waals surface area (Å²) >= 11 is 0. The molecule has 0 spiro atoms. The van der Waals surface area contributed by atoms with Gasteiger partial charge in [-0.15, -0.1) is 0 Å². The zero-order valence-corrected chi connectivity index (χ0v) is 11.1. The van der Waals surface area contributed by atoms with E-state index in [0.29, 0.717) is 0 Å². The first kappa shape index (κ1) is 12.6. The largest absolute Gasteiger partial charge is 0.464 e. The van der Waals surface area contributed by atoms with Gasteiger partial charge in [-0.1, -0.05) is 6.07 Å². The van der Waals surface area contributed by atoms with Crippen LogP contribution in [0.25, 0.3) is 0 Å². The molecule has 0 amide bonds. The summed E-state index contributed by atoms with van der Waals surface area (Å²) in [6, 6.07) is 8.03. The summed E-state index contributed by atoms with van der Waals surface area (Å²) in [7, 11) is 3.96. The van der Waals surface area contributed by atoms with Crippen LogP contribution in [0.1, 0.15) is 17.1 Å². The summed E-state index contributed by atoms with van der Waals surface area (Å²) in [6.45, 7) is 3.49. The maximum atomic E-state index is 5.59. The Morgan fingerprint density at radius 3 is 2.83 bits per heavy atom. The van der Waals surface area contributed by atoms with Gasteiger partial charge in [0.2, 0.25) is 0 Å². The number of hydrogen-bond acceptors (Lipinski definition) is 4. The molecule has 0 saturated heterocycles. The minimum absolute atomic E-state index is 0.724. The molecule has 0 atom stereocenters. The van der Waals surface area contributed by atoms with Gasteiger partial charge < -0.3 is 14.6 Å². The van der Waals surface area contributed by atoms with E-state index in [-0.39, 0.29) is 0 Å². The molecule has 4 nitrogen and oxygen atoms in total. The van der Waals surface area contributed by atoms with Gasteiger partial charge >= 0.3 is 0 Å². The number of hydrogen-bond donors (Lipinski definition) is 1. The van der Waals surface area contributed by atoms with Crippen molar-refractivity contribution in [2.24, 2.45) is 0 Å². The van der Waals surface area contributed by atoms with Crippen LogP contribution in [-0.4, -0.2) is 19.1 Å². The van der Waals surface area contributed by atoms with Gasteiger partial charge in [-0.25, -0.2) is 4.98 Å². The summed E-state index contributed by atoms with van der Waals surface area (Å²) in [4.78, 5) is 6.55. The predicted molar refractivity (Wildman–Crippen MR) is 72.6 cm³/mol. The van der Waals surface area contributed by atoms with Crippen molar-refractivity contribution in [3.8, 4) is 0 Å². The van der Waals surface area contributed by atoms with Crippen molar-refractivity contribution in [1.82, 2.24) is 10.3 Å². The Kier molecular flexibility index (Phi) is 3.99. The first-order valence-corrected chi connectivity index (χ1v) is 6.05. The first-order chi connectivity index (χ1) is 8.70. The van der Waals surface area contributed by atoms with Gasteiger partial charge in [0.05, 0.1) is 6.54 Å². The fourth-order valence-corrected chi connectivity index (χ4v) is 1.98. The van der Waals surface area contributed by atoms with Gasteiger partial charge in [-0.3, -0.25) is 0 Å².